The van der Waals surface area contributed by atoms with Crippen LogP contribution in [0.15, 0.2) is 42.5 Å². The SMILES string of the molecule is COc1ccc(N2CCN(C(=O)C3CCN(c4ccc(-n5nc(C)cc5C)nn4)CC3)CC2)cc1. The smallest absolute Gasteiger partial charge is 0.225 e. The van der Waals surface area contributed by atoms with Crippen LogP contribution >= 0.6 is 0 Å². The zero-order chi connectivity index (χ0) is 24.4. The molecule has 1 aromatic carbocycles. The van der Waals surface area contributed by atoms with Crippen molar-refractivity contribution in [2.75, 3.05) is 56.2 Å². The first-order chi connectivity index (χ1) is 17.0. The summed E-state index contributed by atoms with van der Waals surface area (Å²) in [6, 6.07) is 14.1. The van der Waals surface area contributed by atoms with Crippen molar-refractivity contribution in [1.82, 2.24) is 24.9 Å². The summed E-state index contributed by atoms with van der Waals surface area (Å²) in [5.41, 5.74) is 3.17. The number of benzene rings is 1. The zero-order valence-electron chi connectivity index (χ0n) is 20.7. The molecule has 0 unspecified atom stereocenters. The third-order valence-electron chi connectivity index (χ3n) is 7.06. The minimum atomic E-state index is 0.0840. The van der Waals surface area contributed by atoms with Gasteiger partial charge in [0.25, 0.3) is 0 Å². The summed E-state index contributed by atoms with van der Waals surface area (Å²) in [7, 11) is 1.68. The predicted molar refractivity (Wildman–Crippen MR) is 135 cm³/mol. The molecule has 2 fully saturated rings. The Kier molecular flexibility index (Phi) is 6.57. The number of methoxy groups -OCH3 is 1. The van der Waals surface area contributed by atoms with Gasteiger partial charge in [-0.1, -0.05) is 0 Å². The van der Waals surface area contributed by atoms with Gasteiger partial charge in [-0.15, -0.1) is 10.2 Å². The van der Waals surface area contributed by atoms with E-state index in [1.165, 1.54) is 5.69 Å². The molecule has 0 saturated carbocycles. The molecule has 0 spiro atoms. The van der Waals surface area contributed by atoms with Crippen molar-refractivity contribution in [3.63, 3.8) is 0 Å². The van der Waals surface area contributed by atoms with E-state index in [1.54, 1.807) is 7.11 Å². The number of aromatic nitrogens is 4. The number of ether oxygens (including phenoxy) is 1. The van der Waals surface area contributed by atoms with Crippen LogP contribution in [0.3, 0.4) is 0 Å². The number of aryl methyl sites for hydroxylation is 2. The number of nitrogens with zero attached hydrogens (tertiary/aromatic N) is 7. The molecular weight excluding hydrogens is 442 g/mol. The number of piperidine rings is 1. The largest absolute Gasteiger partial charge is 0.497 e. The van der Waals surface area contributed by atoms with Crippen LogP contribution in [0.2, 0.25) is 0 Å². The van der Waals surface area contributed by atoms with E-state index in [-0.39, 0.29) is 5.92 Å². The molecule has 0 atom stereocenters. The van der Waals surface area contributed by atoms with Crippen LogP contribution in [0.25, 0.3) is 5.82 Å². The van der Waals surface area contributed by atoms with Crippen LogP contribution in [-0.4, -0.2) is 77.2 Å². The molecule has 9 heteroatoms. The predicted octanol–water partition coefficient (Wildman–Crippen LogP) is 2.85. The van der Waals surface area contributed by atoms with Gasteiger partial charge in [-0.3, -0.25) is 4.79 Å². The Bertz CT molecular complexity index is 1140. The molecule has 9 nitrogen and oxygen atoms in total. The molecule has 1 amide bonds. The lowest BCUT2D eigenvalue weighted by atomic mass is 9.95. The van der Waals surface area contributed by atoms with E-state index < -0.39 is 0 Å². The standard InChI is InChI=1S/C26H33N7O2/c1-19-18-20(2)33(29-19)25-9-8-24(27-28-25)31-12-10-21(11-13-31)26(34)32-16-14-30(15-17-32)22-4-6-23(35-3)7-5-22/h4-9,18,21H,10-17H2,1-3H3. The number of piperazine rings is 1. The van der Waals surface area contributed by atoms with Crippen LogP contribution in [0, 0.1) is 19.8 Å². The molecule has 5 rings (SSSR count). The normalized spacial score (nSPS) is 17.1. The summed E-state index contributed by atoms with van der Waals surface area (Å²) in [6.07, 6.45) is 1.69. The maximum Gasteiger partial charge on any atom is 0.225 e. The molecule has 0 radical (unpaired) electrons. The number of amides is 1. The topological polar surface area (TPSA) is 79.6 Å². The highest BCUT2D eigenvalue weighted by molar-refractivity contribution is 5.79. The Morgan fingerprint density at radius 3 is 2.09 bits per heavy atom. The van der Waals surface area contributed by atoms with Crippen LogP contribution in [0.5, 0.6) is 5.75 Å². The second kappa shape index (κ2) is 9.93. The second-order valence-corrected chi connectivity index (χ2v) is 9.36. The molecular formula is C26H33N7O2. The minimum Gasteiger partial charge on any atom is -0.497 e. The number of hydrogen-bond acceptors (Lipinski definition) is 7. The van der Waals surface area contributed by atoms with E-state index in [1.807, 2.05) is 53.8 Å². The Morgan fingerprint density at radius 1 is 0.857 bits per heavy atom. The van der Waals surface area contributed by atoms with Crippen molar-refractivity contribution in [2.24, 2.45) is 5.92 Å². The monoisotopic (exact) mass is 475 g/mol. The van der Waals surface area contributed by atoms with Crippen molar-refractivity contribution in [2.45, 2.75) is 26.7 Å². The number of anilines is 2. The van der Waals surface area contributed by atoms with E-state index in [2.05, 4.69) is 37.2 Å². The molecule has 0 bridgehead atoms. The van der Waals surface area contributed by atoms with Gasteiger partial charge in [0.15, 0.2) is 11.6 Å². The number of carbonyl (C=O) groups excluding carboxylic acids is 1. The van der Waals surface area contributed by atoms with Gasteiger partial charge in [-0.2, -0.15) is 5.10 Å². The van der Waals surface area contributed by atoms with Gasteiger partial charge in [0, 0.05) is 56.6 Å². The Balaban J connectivity index is 1.12. The summed E-state index contributed by atoms with van der Waals surface area (Å²) in [5.74, 6) is 2.82. The summed E-state index contributed by atoms with van der Waals surface area (Å²) in [6.45, 7) is 8.86. The van der Waals surface area contributed by atoms with Gasteiger partial charge in [0.1, 0.15) is 5.75 Å². The van der Waals surface area contributed by atoms with Gasteiger partial charge in [-0.05, 0) is 69.2 Å². The van der Waals surface area contributed by atoms with Crippen molar-refractivity contribution < 1.29 is 9.53 Å². The highest BCUT2D eigenvalue weighted by Gasteiger charge is 2.31. The first kappa shape index (κ1) is 23.1. The summed E-state index contributed by atoms with van der Waals surface area (Å²) in [5, 5.41) is 13.3. The summed E-state index contributed by atoms with van der Waals surface area (Å²) in [4.78, 5) is 19.8. The lowest BCUT2D eigenvalue weighted by Gasteiger charge is -2.39. The fourth-order valence-corrected chi connectivity index (χ4v) is 5.05. The highest BCUT2D eigenvalue weighted by atomic mass is 16.5. The lowest BCUT2D eigenvalue weighted by molar-refractivity contribution is -0.136. The lowest BCUT2D eigenvalue weighted by Crippen LogP contribution is -2.51. The van der Waals surface area contributed by atoms with Gasteiger partial charge in [-0.25, -0.2) is 4.68 Å². The Labute approximate surface area is 206 Å². The second-order valence-electron chi connectivity index (χ2n) is 9.36. The number of hydrogen-bond donors (Lipinski definition) is 0. The summed E-state index contributed by atoms with van der Waals surface area (Å²) >= 11 is 0. The van der Waals surface area contributed by atoms with Crippen LogP contribution in [-0.2, 0) is 4.79 Å². The molecule has 2 aliphatic heterocycles. The first-order valence-corrected chi connectivity index (χ1v) is 12.3. The van der Waals surface area contributed by atoms with E-state index in [0.717, 1.165) is 80.9 Å². The fraction of sp³-hybridized carbons (Fsp3) is 0.462. The van der Waals surface area contributed by atoms with Gasteiger partial charge >= 0.3 is 0 Å². The van der Waals surface area contributed by atoms with Gasteiger partial charge in [0.05, 0.1) is 12.8 Å². The van der Waals surface area contributed by atoms with Crippen molar-refractivity contribution in [3.05, 3.63) is 53.9 Å². The fourth-order valence-electron chi connectivity index (χ4n) is 5.05. The van der Waals surface area contributed by atoms with Crippen LogP contribution < -0.4 is 14.5 Å². The van der Waals surface area contributed by atoms with Crippen LogP contribution in [0.4, 0.5) is 11.5 Å². The number of carbonyl (C=O) groups is 1. The van der Waals surface area contributed by atoms with Gasteiger partial charge < -0.3 is 19.4 Å². The zero-order valence-corrected chi connectivity index (χ0v) is 20.7. The quantitative estimate of drug-likeness (QED) is 0.561. The van der Waals surface area contributed by atoms with E-state index in [4.69, 9.17) is 4.74 Å². The van der Waals surface area contributed by atoms with Crippen molar-refractivity contribution in [3.8, 4) is 11.6 Å². The highest BCUT2D eigenvalue weighted by Crippen LogP contribution is 2.25. The maximum atomic E-state index is 13.2. The maximum absolute atomic E-state index is 13.2. The molecule has 4 heterocycles. The van der Waals surface area contributed by atoms with E-state index in [0.29, 0.717) is 5.91 Å². The Morgan fingerprint density at radius 2 is 1.51 bits per heavy atom. The molecule has 2 aromatic heterocycles. The first-order valence-electron chi connectivity index (χ1n) is 12.3. The Hall–Kier alpha value is -3.62. The van der Waals surface area contributed by atoms with Gasteiger partial charge in [0.2, 0.25) is 5.91 Å². The van der Waals surface area contributed by atoms with Crippen LogP contribution in [0.1, 0.15) is 24.2 Å². The number of rotatable bonds is 5. The summed E-state index contributed by atoms with van der Waals surface area (Å²) < 4.78 is 7.06. The molecule has 35 heavy (non-hydrogen) atoms. The van der Waals surface area contributed by atoms with Crippen molar-refractivity contribution in [1.29, 1.82) is 0 Å². The third-order valence-corrected chi connectivity index (χ3v) is 7.06. The molecule has 3 aromatic rings. The third kappa shape index (κ3) is 4.94. The van der Waals surface area contributed by atoms with E-state index in [9.17, 15) is 4.79 Å². The average Bonchev–Trinajstić information content (AvgIpc) is 3.26. The average molecular weight is 476 g/mol. The molecule has 184 valence electrons. The van der Waals surface area contributed by atoms with E-state index >= 15 is 0 Å². The molecule has 2 aliphatic rings. The van der Waals surface area contributed by atoms with Crippen molar-refractivity contribution >= 4 is 17.4 Å². The molecule has 0 aliphatic carbocycles. The molecule has 2 saturated heterocycles. The molecule has 0 N–H and O–H groups in total. The minimum absolute atomic E-state index is 0.0840.